The van der Waals surface area contributed by atoms with E-state index in [0.717, 1.165) is 9.80 Å². The molecule has 2 aromatic carbocycles. The summed E-state index contributed by atoms with van der Waals surface area (Å²) in [5, 5.41) is 19.6. The first-order valence-corrected chi connectivity index (χ1v) is 14.9. The van der Waals surface area contributed by atoms with Crippen LogP contribution < -0.4 is 9.64 Å². The molecule has 42 heavy (non-hydrogen) atoms. The number of halogens is 3. The number of benzene rings is 2. The molecule has 6 rings (SSSR count). The Morgan fingerprint density at radius 3 is 2.48 bits per heavy atom. The molecule has 2 saturated heterocycles. The Kier molecular flexibility index (Phi) is 6.71. The summed E-state index contributed by atoms with van der Waals surface area (Å²) < 4.78 is 5.55. The highest BCUT2D eigenvalue weighted by atomic mass is 79.9. The van der Waals surface area contributed by atoms with Crippen molar-refractivity contribution in [3.05, 3.63) is 65.2 Å². The largest absolute Gasteiger partial charge is 0.508 e. The van der Waals surface area contributed by atoms with Crippen LogP contribution in [0.15, 0.2) is 54.1 Å². The Bertz CT molecular complexity index is 1630. The number of aromatic hydroxyl groups is 1. The lowest BCUT2D eigenvalue weighted by Gasteiger charge is -2.50. The summed E-state index contributed by atoms with van der Waals surface area (Å²) in [6, 6.07) is 9.84. The zero-order chi connectivity index (χ0) is 30.3. The van der Waals surface area contributed by atoms with Gasteiger partial charge < -0.3 is 14.9 Å². The third kappa shape index (κ3) is 3.66. The molecule has 4 amide bonds. The monoisotopic (exact) mass is 676 g/mol. The lowest BCUT2D eigenvalue weighted by Crippen LogP contribution is -2.60. The quantitative estimate of drug-likeness (QED) is 0.209. The van der Waals surface area contributed by atoms with Crippen LogP contribution >= 0.6 is 39.1 Å². The van der Waals surface area contributed by atoms with Crippen LogP contribution in [0.1, 0.15) is 34.7 Å². The maximum atomic E-state index is 14.1. The predicted molar refractivity (Wildman–Crippen MR) is 154 cm³/mol. The maximum Gasteiger partial charge on any atom is 0.335 e. The molecule has 13 heteroatoms. The molecule has 2 aliphatic carbocycles. The van der Waals surface area contributed by atoms with Crippen LogP contribution in [-0.2, 0) is 19.2 Å². The molecule has 2 heterocycles. The number of carboxylic acid groups (broad SMARTS) is 1. The van der Waals surface area contributed by atoms with Gasteiger partial charge in [-0.15, -0.1) is 23.2 Å². The molecule has 0 spiro atoms. The number of alkyl halides is 3. The summed E-state index contributed by atoms with van der Waals surface area (Å²) in [5.74, 6) is -7.20. The Morgan fingerprint density at radius 2 is 1.81 bits per heavy atom. The van der Waals surface area contributed by atoms with Gasteiger partial charge in [0.1, 0.15) is 11.5 Å². The Morgan fingerprint density at radius 1 is 1.07 bits per heavy atom. The van der Waals surface area contributed by atoms with E-state index in [1.165, 1.54) is 49.6 Å². The third-order valence-electron chi connectivity index (χ3n) is 8.89. The van der Waals surface area contributed by atoms with Crippen molar-refractivity contribution in [2.24, 2.45) is 17.8 Å². The van der Waals surface area contributed by atoms with Crippen molar-refractivity contribution in [3.8, 4) is 11.5 Å². The standard InChI is InChI=1S/C29H23BrCl2N2O8/c1-42-20-10-15(35)5-6-17(20)22-16-7-8-18-21(19(16)11-28(31)26(40)33(12-30)27(41)29(22,28)32)24(37)34(23(18)36)14-4-2-3-13(9-14)25(38)39/h2-7,9-10,18-19,21-22,35H,8,11-12H2,1H3,(H,38,39)/t18-,19+,21-,22+,28+,29-/m0/s1. The number of nitrogens with zero attached hydrogens (tertiary/aromatic N) is 2. The number of amides is 4. The van der Waals surface area contributed by atoms with Gasteiger partial charge in [0.25, 0.3) is 11.8 Å². The third-order valence-corrected chi connectivity index (χ3v) is 10.8. The molecule has 2 aliphatic heterocycles. The molecule has 10 nitrogen and oxygen atoms in total. The van der Waals surface area contributed by atoms with Gasteiger partial charge in [0.05, 0.1) is 35.7 Å². The number of phenols is 1. The fourth-order valence-corrected chi connectivity index (χ4v) is 8.49. The average Bonchev–Trinajstić information content (AvgIpc) is 3.31. The number of hydrogen-bond acceptors (Lipinski definition) is 7. The number of imide groups is 2. The van der Waals surface area contributed by atoms with Crippen molar-refractivity contribution in [2.45, 2.75) is 28.5 Å². The smallest absolute Gasteiger partial charge is 0.335 e. The van der Waals surface area contributed by atoms with E-state index in [-0.39, 0.29) is 41.0 Å². The predicted octanol–water partition coefficient (Wildman–Crippen LogP) is 4.01. The van der Waals surface area contributed by atoms with Crippen molar-refractivity contribution in [2.75, 3.05) is 17.5 Å². The van der Waals surface area contributed by atoms with E-state index in [1.54, 1.807) is 6.08 Å². The molecule has 0 radical (unpaired) electrons. The van der Waals surface area contributed by atoms with Crippen LogP contribution in [0.2, 0.25) is 0 Å². The summed E-state index contributed by atoms with van der Waals surface area (Å²) in [6.45, 7) is 0. The second-order valence-electron chi connectivity index (χ2n) is 10.8. The molecule has 218 valence electrons. The first kappa shape index (κ1) is 28.7. The number of fused-ring (bicyclic) bond motifs is 4. The summed E-state index contributed by atoms with van der Waals surface area (Å²) in [4.78, 5) is 64.8. The topological polar surface area (TPSA) is 142 Å². The number of phenolic OH excluding ortho intramolecular Hbond substituents is 1. The number of aromatic carboxylic acids is 1. The summed E-state index contributed by atoms with van der Waals surface area (Å²) in [5.41, 5.74) is 0.818. The van der Waals surface area contributed by atoms with Gasteiger partial charge in [-0.2, -0.15) is 0 Å². The number of likely N-dealkylation sites (tertiary alicyclic amines) is 1. The minimum atomic E-state index is -2.01. The molecule has 2 N–H and O–H groups in total. The Hall–Kier alpha value is -3.41. The lowest BCUT2D eigenvalue weighted by atomic mass is 9.56. The number of ether oxygens (including phenoxy) is 1. The van der Waals surface area contributed by atoms with Crippen LogP contribution in [0.25, 0.3) is 0 Å². The molecule has 0 bridgehead atoms. The van der Waals surface area contributed by atoms with E-state index in [4.69, 9.17) is 27.9 Å². The highest BCUT2D eigenvalue weighted by Crippen LogP contribution is 2.66. The van der Waals surface area contributed by atoms with Gasteiger partial charge in [0.15, 0.2) is 9.75 Å². The zero-order valence-corrected chi connectivity index (χ0v) is 25.0. The zero-order valence-electron chi connectivity index (χ0n) is 21.9. The highest BCUT2D eigenvalue weighted by molar-refractivity contribution is 9.09. The number of methoxy groups -OCH3 is 1. The first-order valence-electron chi connectivity index (χ1n) is 13.0. The maximum absolute atomic E-state index is 14.1. The number of hydrogen-bond donors (Lipinski definition) is 2. The van der Waals surface area contributed by atoms with E-state index in [1.807, 2.05) is 0 Å². The van der Waals surface area contributed by atoms with Gasteiger partial charge in [-0.1, -0.05) is 39.7 Å². The minimum absolute atomic E-state index is 0.0875. The number of carboxylic acids is 1. The van der Waals surface area contributed by atoms with Crippen LogP contribution in [0, 0.1) is 17.8 Å². The highest BCUT2D eigenvalue weighted by Gasteiger charge is 2.76. The van der Waals surface area contributed by atoms with E-state index in [0.29, 0.717) is 11.1 Å². The van der Waals surface area contributed by atoms with Gasteiger partial charge in [-0.3, -0.25) is 29.0 Å². The lowest BCUT2D eigenvalue weighted by molar-refractivity contribution is -0.138. The fourth-order valence-electron chi connectivity index (χ4n) is 7.07. The number of anilines is 1. The number of allylic oxidation sites excluding steroid dienone is 2. The fraction of sp³-hybridized carbons (Fsp3) is 0.345. The van der Waals surface area contributed by atoms with E-state index < -0.39 is 63.0 Å². The first-order chi connectivity index (χ1) is 19.9. The van der Waals surface area contributed by atoms with Crippen molar-refractivity contribution in [1.82, 2.24) is 4.90 Å². The molecule has 6 atom stereocenters. The van der Waals surface area contributed by atoms with Gasteiger partial charge in [-0.25, -0.2) is 4.79 Å². The summed E-state index contributed by atoms with van der Waals surface area (Å²) in [7, 11) is 1.38. The van der Waals surface area contributed by atoms with Crippen molar-refractivity contribution >= 4 is 74.4 Å². The summed E-state index contributed by atoms with van der Waals surface area (Å²) in [6.07, 6.45) is 1.72. The molecular formula is C29H23BrCl2N2O8. The Labute approximate surface area is 257 Å². The number of carbonyl (C=O) groups is 5. The van der Waals surface area contributed by atoms with E-state index in [9.17, 15) is 34.2 Å². The van der Waals surface area contributed by atoms with Gasteiger partial charge in [0.2, 0.25) is 11.8 Å². The Balaban J connectivity index is 1.52. The summed E-state index contributed by atoms with van der Waals surface area (Å²) >= 11 is 17.6. The van der Waals surface area contributed by atoms with Crippen molar-refractivity contribution < 1.29 is 38.9 Å². The van der Waals surface area contributed by atoms with Crippen LogP contribution in [-0.4, -0.2) is 67.0 Å². The van der Waals surface area contributed by atoms with Crippen molar-refractivity contribution in [1.29, 1.82) is 0 Å². The molecule has 0 unspecified atom stereocenters. The van der Waals surface area contributed by atoms with E-state index in [2.05, 4.69) is 15.9 Å². The number of carbonyl (C=O) groups excluding carboxylic acids is 4. The second kappa shape index (κ2) is 9.82. The van der Waals surface area contributed by atoms with Crippen LogP contribution in [0.3, 0.4) is 0 Å². The van der Waals surface area contributed by atoms with Gasteiger partial charge in [0, 0.05) is 17.5 Å². The molecular weight excluding hydrogens is 655 g/mol. The van der Waals surface area contributed by atoms with Gasteiger partial charge in [-0.05, 0) is 43.0 Å². The average molecular weight is 678 g/mol. The molecule has 4 aliphatic rings. The van der Waals surface area contributed by atoms with E-state index >= 15 is 0 Å². The molecule has 3 fully saturated rings. The SMILES string of the molecule is COc1cc(O)ccc1[C@H]1C2=CC[C@@H]3C(=O)N(c4cccc(C(=O)O)c4)C(=O)[C@@H]3[C@@H]2C[C@@]2(Cl)C(=O)N(CBr)C(=O)[C@@]12Cl. The van der Waals surface area contributed by atoms with Crippen molar-refractivity contribution in [3.63, 3.8) is 0 Å². The molecule has 2 aromatic rings. The van der Waals surface area contributed by atoms with Gasteiger partial charge >= 0.3 is 5.97 Å². The molecule has 1 saturated carbocycles. The number of rotatable bonds is 5. The van der Waals surface area contributed by atoms with Crippen LogP contribution in [0.5, 0.6) is 11.5 Å². The second-order valence-corrected chi connectivity index (χ2v) is 12.5. The normalized spacial score (nSPS) is 32.0. The minimum Gasteiger partial charge on any atom is -0.508 e. The molecule has 0 aromatic heterocycles. The van der Waals surface area contributed by atoms with Crippen LogP contribution in [0.4, 0.5) is 5.69 Å².